The molecule has 1 saturated carbocycles. The van der Waals surface area contributed by atoms with Gasteiger partial charge in [-0.1, -0.05) is 34.6 Å². The lowest BCUT2D eigenvalue weighted by Crippen LogP contribution is -2.58. The summed E-state index contributed by atoms with van der Waals surface area (Å²) in [5, 5.41) is 0. The minimum atomic E-state index is 0.359. The van der Waals surface area contributed by atoms with Crippen LogP contribution in [-0.4, -0.2) is 6.04 Å². The number of hydrogen-bond donors (Lipinski definition) is 1. The average Bonchev–Trinajstić information content (AvgIpc) is 1.80. The molecule has 0 aromatic heterocycles. The van der Waals surface area contributed by atoms with Crippen molar-refractivity contribution < 1.29 is 0 Å². The van der Waals surface area contributed by atoms with Crippen LogP contribution >= 0.6 is 0 Å². The molecule has 1 rings (SSSR count). The molecule has 0 aliphatic heterocycles. The first-order valence-corrected chi connectivity index (χ1v) is 4.52. The van der Waals surface area contributed by atoms with Crippen molar-refractivity contribution in [3.05, 3.63) is 0 Å². The fourth-order valence-corrected chi connectivity index (χ4v) is 2.43. The molecule has 0 aromatic rings. The Labute approximate surface area is 70.4 Å². The molecule has 1 aliphatic rings. The molecule has 1 aliphatic carbocycles. The van der Waals surface area contributed by atoms with E-state index in [0.717, 1.165) is 5.92 Å². The molecule has 0 radical (unpaired) electrons. The van der Waals surface area contributed by atoms with Crippen LogP contribution in [-0.2, 0) is 0 Å². The SMILES string of the molecule is CC(C)(C)C1CC(N)C1(C)C. The molecule has 11 heavy (non-hydrogen) atoms. The summed E-state index contributed by atoms with van der Waals surface area (Å²) in [7, 11) is 0. The lowest BCUT2D eigenvalue weighted by molar-refractivity contribution is -0.0399. The van der Waals surface area contributed by atoms with Gasteiger partial charge in [-0.3, -0.25) is 0 Å². The Morgan fingerprint density at radius 1 is 1.27 bits per heavy atom. The third-order valence-corrected chi connectivity index (χ3v) is 3.39. The molecule has 1 fully saturated rings. The van der Waals surface area contributed by atoms with Crippen LogP contribution in [0.3, 0.4) is 0 Å². The highest BCUT2D eigenvalue weighted by molar-refractivity contribution is 5.03. The highest BCUT2D eigenvalue weighted by atomic mass is 14.8. The maximum atomic E-state index is 5.94. The Balaban J connectivity index is 2.67. The largest absolute Gasteiger partial charge is 0.327 e. The molecule has 2 N–H and O–H groups in total. The van der Waals surface area contributed by atoms with Crippen LogP contribution in [0.1, 0.15) is 41.0 Å². The molecule has 0 heterocycles. The number of hydrogen-bond acceptors (Lipinski definition) is 1. The maximum absolute atomic E-state index is 5.94. The molecular weight excluding hydrogens is 134 g/mol. The van der Waals surface area contributed by atoms with Gasteiger partial charge in [-0.2, -0.15) is 0 Å². The van der Waals surface area contributed by atoms with E-state index in [1.54, 1.807) is 0 Å². The van der Waals surface area contributed by atoms with Gasteiger partial charge in [-0.15, -0.1) is 0 Å². The zero-order valence-electron chi connectivity index (χ0n) is 8.44. The topological polar surface area (TPSA) is 26.0 Å². The van der Waals surface area contributed by atoms with Crippen LogP contribution in [0, 0.1) is 16.7 Å². The van der Waals surface area contributed by atoms with Crippen molar-refractivity contribution in [1.29, 1.82) is 0 Å². The fraction of sp³-hybridized carbons (Fsp3) is 1.00. The van der Waals surface area contributed by atoms with Crippen LogP contribution in [0.5, 0.6) is 0 Å². The fourth-order valence-electron chi connectivity index (χ4n) is 2.43. The highest BCUT2D eigenvalue weighted by Gasteiger charge is 2.50. The Bertz CT molecular complexity index is 153. The molecule has 2 atom stereocenters. The molecule has 0 saturated heterocycles. The Kier molecular flexibility index (Phi) is 1.83. The van der Waals surface area contributed by atoms with E-state index in [2.05, 4.69) is 34.6 Å². The van der Waals surface area contributed by atoms with E-state index >= 15 is 0 Å². The molecule has 0 bridgehead atoms. The maximum Gasteiger partial charge on any atom is 0.00961 e. The lowest BCUT2D eigenvalue weighted by atomic mass is 9.51. The molecular formula is C10H21N. The van der Waals surface area contributed by atoms with Crippen LogP contribution in [0.25, 0.3) is 0 Å². The molecule has 0 aromatic carbocycles. The Morgan fingerprint density at radius 3 is 1.82 bits per heavy atom. The zero-order chi connectivity index (χ0) is 8.86. The first-order chi connectivity index (χ1) is 4.76. The smallest absolute Gasteiger partial charge is 0.00961 e. The van der Waals surface area contributed by atoms with Crippen LogP contribution in [0.15, 0.2) is 0 Å². The van der Waals surface area contributed by atoms with E-state index in [4.69, 9.17) is 5.73 Å². The van der Waals surface area contributed by atoms with Gasteiger partial charge < -0.3 is 5.73 Å². The Hall–Kier alpha value is -0.0400. The summed E-state index contributed by atoms with van der Waals surface area (Å²) in [5.74, 6) is 0.796. The first-order valence-electron chi connectivity index (χ1n) is 4.52. The summed E-state index contributed by atoms with van der Waals surface area (Å²) in [4.78, 5) is 0. The van der Waals surface area contributed by atoms with Gasteiger partial charge in [-0.05, 0) is 23.2 Å². The molecule has 0 spiro atoms. The van der Waals surface area contributed by atoms with Gasteiger partial charge in [0.2, 0.25) is 0 Å². The minimum Gasteiger partial charge on any atom is -0.327 e. The van der Waals surface area contributed by atoms with Gasteiger partial charge in [0.25, 0.3) is 0 Å². The van der Waals surface area contributed by atoms with Crippen molar-refractivity contribution in [2.75, 3.05) is 0 Å². The van der Waals surface area contributed by atoms with Crippen LogP contribution < -0.4 is 5.73 Å². The van der Waals surface area contributed by atoms with Crippen LogP contribution in [0.4, 0.5) is 0 Å². The van der Waals surface area contributed by atoms with Gasteiger partial charge in [-0.25, -0.2) is 0 Å². The van der Waals surface area contributed by atoms with Gasteiger partial charge >= 0.3 is 0 Å². The van der Waals surface area contributed by atoms with Crippen molar-refractivity contribution in [1.82, 2.24) is 0 Å². The Morgan fingerprint density at radius 2 is 1.73 bits per heavy atom. The highest BCUT2D eigenvalue weighted by Crippen LogP contribution is 2.53. The minimum absolute atomic E-state index is 0.359. The predicted octanol–water partition coefficient (Wildman–Crippen LogP) is 2.41. The van der Waals surface area contributed by atoms with Crippen molar-refractivity contribution in [3.8, 4) is 0 Å². The summed E-state index contributed by atoms with van der Waals surface area (Å²) < 4.78 is 0. The second-order valence-electron chi connectivity index (χ2n) is 5.58. The van der Waals surface area contributed by atoms with E-state index in [-0.39, 0.29) is 0 Å². The van der Waals surface area contributed by atoms with Crippen molar-refractivity contribution >= 4 is 0 Å². The molecule has 2 unspecified atom stereocenters. The second-order valence-corrected chi connectivity index (χ2v) is 5.58. The molecule has 66 valence electrons. The number of rotatable bonds is 0. The van der Waals surface area contributed by atoms with Gasteiger partial charge in [0.15, 0.2) is 0 Å². The standard InChI is InChI=1S/C10H21N/c1-9(2,3)7-6-8(11)10(7,4)5/h7-8H,6,11H2,1-5H3. The van der Waals surface area contributed by atoms with E-state index < -0.39 is 0 Å². The summed E-state index contributed by atoms with van der Waals surface area (Å²) in [6.45, 7) is 11.5. The van der Waals surface area contributed by atoms with E-state index in [1.807, 2.05) is 0 Å². The summed E-state index contributed by atoms with van der Waals surface area (Å²) in [6.07, 6.45) is 1.20. The zero-order valence-corrected chi connectivity index (χ0v) is 8.44. The average molecular weight is 155 g/mol. The van der Waals surface area contributed by atoms with Gasteiger partial charge in [0.05, 0.1) is 0 Å². The molecule has 1 heteroatoms. The summed E-state index contributed by atoms with van der Waals surface area (Å²) in [5.41, 5.74) is 6.73. The first kappa shape index (κ1) is 9.05. The molecule has 0 amide bonds. The van der Waals surface area contributed by atoms with Crippen LogP contribution in [0.2, 0.25) is 0 Å². The van der Waals surface area contributed by atoms with Crippen molar-refractivity contribution in [2.24, 2.45) is 22.5 Å². The summed E-state index contributed by atoms with van der Waals surface area (Å²) >= 11 is 0. The van der Waals surface area contributed by atoms with E-state index in [0.29, 0.717) is 16.9 Å². The monoisotopic (exact) mass is 155 g/mol. The third-order valence-electron chi connectivity index (χ3n) is 3.39. The van der Waals surface area contributed by atoms with E-state index in [9.17, 15) is 0 Å². The second kappa shape index (κ2) is 2.22. The summed E-state index contributed by atoms with van der Waals surface area (Å²) in [6, 6.07) is 0.423. The molecule has 1 nitrogen and oxygen atoms in total. The normalized spacial score (nSPS) is 36.5. The predicted molar refractivity (Wildman–Crippen MR) is 49.3 cm³/mol. The quantitative estimate of drug-likeness (QED) is 0.571. The van der Waals surface area contributed by atoms with Gasteiger partial charge in [0.1, 0.15) is 0 Å². The van der Waals surface area contributed by atoms with Crippen molar-refractivity contribution in [2.45, 2.75) is 47.1 Å². The number of nitrogens with two attached hydrogens (primary N) is 1. The lowest BCUT2D eigenvalue weighted by Gasteiger charge is -2.56. The van der Waals surface area contributed by atoms with E-state index in [1.165, 1.54) is 6.42 Å². The van der Waals surface area contributed by atoms with Crippen molar-refractivity contribution in [3.63, 3.8) is 0 Å². The van der Waals surface area contributed by atoms with Gasteiger partial charge in [0, 0.05) is 6.04 Å². The third kappa shape index (κ3) is 1.31.